The fourth-order valence-electron chi connectivity index (χ4n) is 2.85. The van der Waals surface area contributed by atoms with E-state index in [-0.39, 0.29) is 24.9 Å². The van der Waals surface area contributed by atoms with E-state index in [2.05, 4.69) is 5.32 Å². The zero-order chi connectivity index (χ0) is 19.2. The molecule has 0 saturated carbocycles. The van der Waals surface area contributed by atoms with E-state index in [1.807, 2.05) is 0 Å². The highest BCUT2D eigenvalue weighted by atomic mass is 32.2. The molecule has 1 heterocycles. The van der Waals surface area contributed by atoms with Crippen LogP contribution in [-0.4, -0.2) is 61.1 Å². The summed E-state index contributed by atoms with van der Waals surface area (Å²) >= 11 is 0. The quantitative estimate of drug-likeness (QED) is 0.717. The minimum Gasteiger partial charge on any atom is -0.493 e. The van der Waals surface area contributed by atoms with Gasteiger partial charge in [0.05, 0.1) is 32.7 Å². The highest BCUT2D eigenvalue weighted by Gasteiger charge is 2.23. The van der Waals surface area contributed by atoms with Crippen LogP contribution in [0, 0.1) is 5.92 Å². The van der Waals surface area contributed by atoms with Crippen molar-refractivity contribution in [3.8, 4) is 11.5 Å². The van der Waals surface area contributed by atoms with Gasteiger partial charge in [-0.25, -0.2) is 8.42 Å². The zero-order valence-corrected chi connectivity index (χ0v) is 16.2. The van der Waals surface area contributed by atoms with Gasteiger partial charge in [-0.3, -0.25) is 9.10 Å². The lowest BCUT2D eigenvalue weighted by Crippen LogP contribution is -2.41. The minimum atomic E-state index is -3.52. The van der Waals surface area contributed by atoms with Crippen LogP contribution in [0.25, 0.3) is 0 Å². The second-order valence-electron chi connectivity index (χ2n) is 6.05. The molecular weight excluding hydrogens is 360 g/mol. The van der Waals surface area contributed by atoms with Crippen LogP contribution in [0.5, 0.6) is 11.5 Å². The lowest BCUT2D eigenvalue weighted by molar-refractivity contribution is -0.127. The molecule has 1 aliphatic rings. The molecule has 1 aromatic rings. The Balaban J connectivity index is 2.05. The third-order valence-electron chi connectivity index (χ3n) is 4.26. The van der Waals surface area contributed by atoms with Crippen molar-refractivity contribution in [1.29, 1.82) is 0 Å². The monoisotopic (exact) mass is 386 g/mol. The Labute approximate surface area is 154 Å². The van der Waals surface area contributed by atoms with Crippen molar-refractivity contribution in [3.05, 3.63) is 18.2 Å². The fourth-order valence-corrected chi connectivity index (χ4v) is 3.77. The maximum absolute atomic E-state index is 12.2. The molecule has 0 radical (unpaired) electrons. The van der Waals surface area contributed by atoms with Gasteiger partial charge in [-0.15, -0.1) is 0 Å². The molecule has 2 rings (SSSR count). The van der Waals surface area contributed by atoms with E-state index in [4.69, 9.17) is 14.2 Å². The fraction of sp³-hybridized carbons (Fsp3) is 0.588. The predicted octanol–water partition coefficient (Wildman–Crippen LogP) is 1.01. The molecule has 1 aliphatic heterocycles. The summed E-state index contributed by atoms with van der Waals surface area (Å²) in [7, 11) is -0.521. The van der Waals surface area contributed by atoms with Crippen molar-refractivity contribution < 1.29 is 27.4 Å². The lowest BCUT2D eigenvalue weighted by atomic mass is 9.99. The van der Waals surface area contributed by atoms with E-state index in [0.717, 1.165) is 6.26 Å². The van der Waals surface area contributed by atoms with Crippen molar-refractivity contribution in [3.63, 3.8) is 0 Å². The molecule has 0 spiro atoms. The molecule has 1 amide bonds. The number of nitrogens with one attached hydrogen (secondary N) is 1. The van der Waals surface area contributed by atoms with E-state index >= 15 is 0 Å². The smallest absolute Gasteiger partial charge is 0.232 e. The van der Waals surface area contributed by atoms with Crippen LogP contribution < -0.4 is 19.1 Å². The van der Waals surface area contributed by atoms with E-state index in [1.54, 1.807) is 18.2 Å². The first-order chi connectivity index (χ1) is 12.4. The Kier molecular flexibility index (Phi) is 7.10. The van der Waals surface area contributed by atoms with Gasteiger partial charge in [0.25, 0.3) is 0 Å². The van der Waals surface area contributed by atoms with Crippen LogP contribution in [0.15, 0.2) is 18.2 Å². The maximum Gasteiger partial charge on any atom is 0.232 e. The summed E-state index contributed by atoms with van der Waals surface area (Å²) in [5.74, 6) is 0.813. The van der Waals surface area contributed by atoms with Crippen molar-refractivity contribution in [2.45, 2.75) is 12.8 Å². The molecule has 0 aliphatic carbocycles. The first kappa shape index (κ1) is 20.3. The summed E-state index contributed by atoms with van der Waals surface area (Å²) in [5.41, 5.74) is 0.450. The Bertz CT molecular complexity index is 716. The van der Waals surface area contributed by atoms with Crippen molar-refractivity contribution in [2.75, 3.05) is 51.1 Å². The molecule has 1 fully saturated rings. The Morgan fingerprint density at radius 1 is 1.23 bits per heavy atom. The van der Waals surface area contributed by atoms with Gasteiger partial charge >= 0.3 is 0 Å². The number of hydrogen-bond donors (Lipinski definition) is 1. The maximum atomic E-state index is 12.2. The third-order valence-corrected chi connectivity index (χ3v) is 5.46. The van der Waals surface area contributed by atoms with E-state index in [1.165, 1.54) is 18.5 Å². The minimum absolute atomic E-state index is 0.0611. The highest BCUT2D eigenvalue weighted by molar-refractivity contribution is 7.92. The van der Waals surface area contributed by atoms with Gasteiger partial charge in [-0.2, -0.15) is 0 Å². The molecule has 26 heavy (non-hydrogen) atoms. The molecule has 0 unspecified atom stereocenters. The van der Waals surface area contributed by atoms with Gasteiger partial charge in [-0.05, 0) is 25.0 Å². The number of nitrogens with zero attached hydrogens (tertiary/aromatic N) is 1. The van der Waals surface area contributed by atoms with Crippen LogP contribution in [0.2, 0.25) is 0 Å². The van der Waals surface area contributed by atoms with E-state index < -0.39 is 10.0 Å². The molecule has 8 nitrogen and oxygen atoms in total. The number of ether oxygens (including phenoxy) is 3. The summed E-state index contributed by atoms with van der Waals surface area (Å²) < 4.78 is 41.3. The summed E-state index contributed by atoms with van der Waals surface area (Å²) in [6.45, 7) is 1.51. The van der Waals surface area contributed by atoms with Gasteiger partial charge < -0.3 is 19.5 Å². The van der Waals surface area contributed by atoms with E-state index in [0.29, 0.717) is 43.2 Å². The van der Waals surface area contributed by atoms with Gasteiger partial charge in [0.2, 0.25) is 15.9 Å². The third kappa shape index (κ3) is 5.25. The topological polar surface area (TPSA) is 94.2 Å². The number of carbonyl (C=O) groups excluding carboxylic acids is 1. The molecule has 0 aromatic heterocycles. The van der Waals surface area contributed by atoms with Crippen LogP contribution in [-0.2, 0) is 19.6 Å². The highest BCUT2D eigenvalue weighted by Crippen LogP contribution is 2.32. The normalized spacial score (nSPS) is 15.3. The van der Waals surface area contributed by atoms with Gasteiger partial charge in [0.1, 0.15) is 0 Å². The van der Waals surface area contributed by atoms with Crippen molar-refractivity contribution in [1.82, 2.24) is 5.32 Å². The molecule has 0 bridgehead atoms. The van der Waals surface area contributed by atoms with Gasteiger partial charge in [-0.1, -0.05) is 0 Å². The number of benzene rings is 1. The van der Waals surface area contributed by atoms with Crippen molar-refractivity contribution in [2.24, 2.45) is 5.92 Å². The number of carbonyl (C=O) groups is 1. The van der Waals surface area contributed by atoms with E-state index in [9.17, 15) is 13.2 Å². The Morgan fingerprint density at radius 2 is 1.88 bits per heavy atom. The van der Waals surface area contributed by atoms with Gasteiger partial charge in [0, 0.05) is 31.7 Å². The predicted molar refractivity (Wildman–Crippen MR) is 98.3 cm³/mol. The first-order valence-electron chi connectivity index (χ1n) is 8.42. The molecule has 1 N–H and O–H groups in total. The van der Waals surface area contributed by atoms with Crippen LogP contribution in [0.4, 0.5) is 5.69 Å². The molecular formula is C17H26N2O6S. The summed E-state index contributed by atoms with van der Waals surface area (Å²) in [4.78, 5) is 12.2. The molecule has 9 heteroatoms. The number of amides is 1. The molecule has 0 atom stereocenters. The first-order valence-corrected chi connectivity index (χ1v) is 10.3. The molecule has 1 saturated heterocycles. The Morgan fingerprint density at radius 3 is 2.46 bits per heavy atom. The average Bonchev–Trinajstić information content (AvgIpc) is 2.64. The molecule has 146 valence electrons. The Hall–Kier alpha value is -2.00. The second-order valence-corrected chi connectivity index (χ2v) is 7.96. The van der Waals surface area contributed by atoms with Crippen LogP contribution in [0.1, 0.15) is 12.8 Å². The number of rotatable bonds is 8. The van der Waals surface area contributed by atoms with Crippen molar-refractivity contribution >= 4 is 21.6 Å². The molecule has 1 aromatic carbocycles. The summed E-state index contributed by atoms with van der Waals surface area (Å²) in [6.07, 6.45) is 2.51. The van der Waals surface area contributed by atoms with Gasteiger partial charge in [0.15, 0.2) is 11.5 Å². The number of hydrogen-bond acceptors (Lipinski definition) is 6. The average molecular weight is 386 g/mol. The standard InChI is InChI=1S/C17H26N2O6S/c1-23-15-5-4-14(12-16(15)24-2)19(26(3,21)22)9-8-18-17(20)13-6-10-25-11-7-13/h4-5,12-13H,6-11H2,1-3H3,(H,18,20). The lowest BCUT2D eigenvalue weighted by Gasteiger charge is -2.25. The number of anilines is 1. The van der Waals surface area contributed by atoms with Crippen LogP contribution in [0.3, 0.4) is 0 Å². The zero-order valence-electron chi connectivity index (χ0n) is 15.4. The largest absolute Gasteiger partial charge is 0.493 e. The number of methoxy groups -OCH3 is 2. The second kappa shape index (κ2) is 9.09. The summed E-state index contributed by atoms with van der Waals surface area (Å²) in [5, 5.41) is 2.82. The van der Waals surface area contributed by atoms with Crippen LogP contribution >= 0.6 is 0 Å². The number of sulfonamides is 1. The SMILES string of the molecule is COc1ccc(N(CCNC(=O)C2CCOCC2)S(C)(=O)=O)cc1OC. The summed E-state index contributed by atoms with van der Waals surface area (Å²) in [6, 6.07) is 4.88.